The Kier molecular flexibility index (Phi) is 8.46. The second kappa shape index (κ2) is 11.3. The average Bonchev–Trinajstić information content (AvgIpc) is 3.04. The molecule has 0 aliphatic carbocycles. The molecule has 178 valence electrons. The number of benzene rings is 2. The van der Waals surface area contributed by atoms with E-state index in [9.17, 15) is 24.5 Å². The summed E-state index contributed by atoms with van der Waals surface area (Å²) in [6.07, 6.45) is 1.53. The van der Waals surface area contributed by atoms with Gasteiger partial charge in [-0.2, -0.15) is 0 Å². The van der Waals surface area contributed by atoms with Gasteiger partial charge in [0.05, 0.1) is 16.4 Å². The van der Waals surface area contributed by atoms with Crippen molar-refractivity contribution in [1.82, 2.24) is 4.90 Å². The first-order chi connectivity index (χ1) is 16.1. The lowest BCUT2D eigenvalue weighted by Gasteiger charge is -2.13. The molecule has 2 amide bonds. The van der Waals surface area contributed by atoms with Gasteiger partial charge < -0.3 is 9.47 Å². The van der Waals surface area contributed by atoms with Crippen LogP contribution in [-0.4, -0.2) is 40.1 Å². The molecule has 11 heteroatoms. The number of nitrogens with zero attached hydrogens (tertiary/aromatic N) is 2. The molecule has 1 heterocycles. The van der Waals surface area contributed by atoms with Gasteiger partial charge in [-0.25, -0.2) is 0 Å². The Morgan fingerprint density at radius 1 is 1.21 bits per heavy atom. The van der Waals surface area contributed by atoms with E-state index >= 15 is 0 Å². The van der Waals surface area contributed by atoms with E-state index in [2.05, 4.69) is 15.9 Å². The van der Waals surface area contributed by atoms with Crippen LogP contribution in [0.15, 0.2) is 51.8 Å². The molecule has 9 nitrogen and oxygen atoms in total. The Hall–Kier alpha value is -3.18. The third-order valence-corrected chi connectivity index (χ3v) is 5.94. The highest BCUT2D eigenvalue weighted by Gasteiger charge is 2.36. The molecule has 0 bridgehead atoms. The van der Waals surface area contributed by atoms with E-state index in [1.807, 2.05) is 13.8 Å². The summed E-state index contributed by atoms with van der Waals surface area (Å²) in [5.74, 6) is -0.644. The number of nitro groups is 1. The number of imide groups is 1. The van der Waals surface area contributed by atoms with Gasteiger partial charge in [-0.15, -0.1) is 0 Å². The summed E-state index contributed by atoms with van der Waals surface area (Å²) >= 11 is 4.12. The van der Waals surface area contributed by atoms with Crippen LogP contribution in [0, 0.1) is 16.0 Å². The Morgan fingerprint density at radius 3 is 2.56 bits per heavy atom. The maximum atomic E-state index is 12.8. The molecule has 1 saturated heterocycles. The fraction of sp³-hybridized carbons (Fsp3) is 0.261. The second-order valence-corrected chi connectivity index (χ2v) is 9.65. The number of non-ortho nitro benzene ring substituents is 1. The molecular weight excluding hydrogens is 528 g/mol. The van der Waals surface area contributed by atoms with Crippen molar-refractivity contribution >= 4 is 56.6 Å². The van der Waals surface area contributed by atoms with Crippen LogP contribution in [0.25, 0.3) is 6.08 Å². The minimum absolute atomic E-state index is 0.0168. The summed E-state index contributed by atoms with van der Waals surface area (Å²) in [5, 5.41) is 10.3. The number of carbonyl (C=O) groups is 3. The number of rotatable bonds is 9. The van der Waals surface area contributed by atoms with E-state index in [0.29, 0.717) is 11.3 Å². The van der Waals surface area contributed by atoms with Crippen molar-refractivity contribution < 1.29 is 28.8 Å². The van der Waals surface area contributed by atoms with Crippen molar-refractivity contribution in [2.45, 2.75) is 20.5 Å². The van der Waals surface area contributed by atoms with Gasteiger partial charge in [0.1, 0.15) is 18.9 Å². The van der Waals surface area contributed by atoms with Crippen molar-refractivity contribution in [2.24, 2.45) is 5.92 Å². The highest BCUT2D eigenvalue weighted by molar-refractivity contribution is 9.10. The van der Waals surface area contributed by atoms with Crippen LogP contribution in [0.2, 0.25) is 0 Å². The Bertz CT molecular complexity index is 1150. The minimum atomic E-state index is -0.646. The zero-order chi connectivity index (χ0) is 24.8. The fourth-order valence-corrected chi connectivity index (χ4v) is 4.06. The summed E-state index contributed by atoms with van der Waals surface area (Å²) in [6, 6.07) is 11.2. The summed E-state index contributed by atoms with van der Waals surface area (Å²) in [4.78, 5) is 48.4. The number of nitro benzene ring substituents is 1. The average molecular weight is 549 g/mol. The molecule has 0 aromatic heterocycles. The van der Waals surface area contributed by atoms with Gasteiger partial charge >= 0.3 is 5.97 Å². The Morgan fingerprint density at radius 2 is 1.91 bits per heavy atom. The van der Waals surface area contributed by atoms with Crippen LogP contribution >= 0.6 is 27.7 Å². The van der Waals surface area contributed by atoms with E-state index in [-0.39, 0.29) is 29.7 Å². The molecule has 3 rings (SSSR count). The molecule has 2 aromatic rings. The van der Waals surface area contributed by atoms with Gasteiger partial charge in [-0.3, -0.25) is 29.4 Å². The quantitative estimate of drug-likeness (QED) is 0.182. The van der Waals surface area contributed by atoms with E-state index in [0.717, 1.165) is 26.7 Å². The second-order valence-electron chi connectivity index (χ2n) is 7.74. The maximum absolute atomic E-state index is 12.8. The summed E-state index contributed by atoms with van der Waals surface area (Å²) in [7, 11) is 0. The van der Waals surface area contributed by atoms with Gasteiger partial charge in [-0.05, 0) is 59.7 Å². The first-order valence-corrected chi connectivity index (χ1v) is 11.8. The van der Waals surface area contributed by atoms with Crippen LogP contribution < -0.4 is 4.74 Å². The van der Waals surface area contributed by atoms with E-state index in [4.69, 9.17) is 9.47 Å². The third kappa shape index (κ3) is 6.67. The fourth-order valence-electron chi connectivity index (χ4n) is 2.85. The number of amides is 2. The summed E-state index contributed by atoms with van der Waals surface area (Å²) < 4.78 is 11.7. The number of hydrogen-bond donors (Lipinski definition) is 0. The van der Waals surface area contributed by atoms with E-state index < -0.39 is 28.6 Å². The number of ether oxygens (including phenoxy) is 2. The van der Waals surface area contributed by atoms with Gasteiger partial charge in [0, 0.05) is 22.2 Å². The first kappa shape index (κ1) is 25.4. The van der Waals surface area contributed by atoms with Crippen LogP contribution in [-0.2, 0) is 20.9 Å². The number of esters is 1. The molecule has 2 aromatic carbocycles. The predicted octanol–water partition coefficient (Wildman–Crippen LogP) is 5.17. The normalized spacial score (nSPS) is 14.7. The largest absolute Gasteiger partial charge is 0.488 e. The molecule has 0 N–H and O–H groups in total. The van der Waals surface area contributed by atoms with Crippen LogP contribution in [0.4, 0.5) is 10.5 Å². The molecule has 34 heavy (non-hydrogen) atoms. The summed E-state index contributed by atoms with van der Waals surface area (Å²) in [6.45, 7) is 3.67. The number of hydrogen-bond acceptors (Lipinski definition) is 8. The zero-order valence-electron chi connectivity index (χ0n) is 18.4. The number of carbonyl (C=O) groups excluding carboxylic acids is 3. The van der Waals surface area contributed by atoms with Crippen molar-refractivity contribution in [3.8, 4) is 5.75 Å². The molecule has 1 fully saturated rings. The van der Waals surface area contributed by atoms with Crippen LogP contribution in [0.3, 0.4) is 0 Å². The predicted molar refractivity (Wildman–Crippen MR) is 130 cm³/mol. The topological polar surface area (TPSA) is 116 Å². The number of halogens is 1. The highest BCUT2D eigenvalue weighted by Crippen LogP contribution is 2.35. The highest BCUT2D eigenvalue weighted by atomic mass is 79.9. The van der Waals surface area contributed by atoms with Gasteiger partial charge in [0.2, 0.25) is 0 Å². The molecule has 0 saturated carbocycles. The van der Waals surface area contributed by atoms with E-state index in [1.165, 1.54) is 18.2 Å². The number of thioether (sulfide) groups is 1. The van der Waals surface area contributed by atoms with Crippen molar-refractivity contribution in [3.05, 3.63) is 73.1 Å². The Labute approximate surface area is 208 Å². The van der Waals surface area contributed by atoms with E-state index in [1.54, 1.807) is 30.3 Å². The molecule has 0 unspecified atom stereocenters. The van der Waals surface area contributed by atoms with Gasteiger partial charge in [0.15, 0.2) is 0 Å². The zero-order valence-corrected chi connectivity index (χ0v) is 20.8. The lowest BCUT2D eigenvalue weighted by Crippen LogP contribution is -2.34. The van der Waals surface area contributed by atoms with Crippen LogP contribution in [0.1, 0.15) is 25.0 Å². The van der Waals surface area contributed by atoms with Crippen LogP contribution in [0.5, 0.6) is 5.75 Å². The smallest absolute Gasteiger partial charge is 0.326 e. The van der Waals surface area contributed by atoms with Crippen molar-refractivity contribution in [1.29, 1.82) is 0 Å². The third-order valence-electron chi connectivity index (χ3n) is 4.54. The standard InChI is InChI=1S/C23H21BrN2O7S/c1-14(2)12-33-21(27)11-25-22(28)20(34-23(25)29)10-16-9-17(24)5-8-19(16)32-13-15-3-6-18(7-4-15)26(30)31/h3-10,14H,11-13H2,1-2H3/b20-10-. The van der Waals surface area contributed by atoms with Crippen molar-refractivity contribution in [2.75, 3.05) is 13.2 Å². The Balaban J connectivity index is 1.74. The molecule has 0 spiro atoms. The molecule has 0 radical (unpaired) electrons. The maximum Gasteiger partial charge on any atom is 0.326 e. The van der Waals surface area contributed by atoms with Gasteiger partial charge in [0.25, 0.3) is 16.8 Å². The first-order valence-electron chi connectivity index (χ1n) is 10.2. The molecule has 1 aliphatic rings. The molecule has 0 atom stereocenters. The monoisotopic (exact) mass is 548 g/mol. The molecule has 1 aliphatic heterocycles. The molecular formula is C23H21BrN2O7S. The SMILES string of the molecule is CC(C)COC(=O)CN1C(=O)S/C(=C\c2cc(Br)ccc2OCc2ccc([N+](=O)[O-])cc2)C1=O. The van der Waals surface area contributed by atoms with Crippen molar-refractivity contribution in [3.63, 3.8) is 0 Å². The lowest BCUT2D eigenvalue weighted by molar-refractivity contribution is -0.384. The lowest BCUT2D eigenvalue weighted by atomic mass is 10.1. The summed E-state index contributed by atoms with van der Waals surface area (Å²) in [5.41, 5.74) is 1.25. The van der Waals surface area contributed by atoms with Gasteiger partial charge in [-0.1, -0.05) is 29.8 Å². The minimum Gasteiger partial charge on any atom is -0.488 e.